The van der Waals surface area contributed by atoms with E-state index in [1.807, 2.05) is 12.3 Å². The van der Waals surface area contributed by atoms with Gasteiger partial charge in [-0.3, -0.25) is 4.90 Å². The van der Waals surface area contributed by atoms with Crippen LogP contribution in [0.1, 0.15) is 25.8 Å². The summed E-state index contributed by atoms with van der Waals surface area (Å²) in [5, 5.41) is 3.64. The Morgan fingerprint density at radius 1 is 1.47 bits per heavy atom. The van der Waals surface area contributed by atoms with Gasteiger partial charge in [-0.2, -0.15) is 0 Å². The number of pyridine rings is 1. The lowest BCUT2D eigenvalue weighted by Crippen LogP contribution is -2.41. The number of nitrogens with one attached hydrogen (secondary N) is 1. The van der Waals surface area contributed by atoms with Crippen LogP contribution in [0.4, 0.5) is 0 Å². The molecule has 4 nitrogen and oxygen atoms in total. The molecule has 1 aromatic rings. The number of rotatable bonds is 4. The molecule has 19 heavy (non-hydrogen) atoms. The minimum atomic E-state index is 0.591. The van der Waals surface area contributed by atoms with Crippen molar-refractivity contribution in [3.8, 4) is 5.88 Å². The van der Waals surface area contributed by atoms with Crippen LogP contribution in [-0.4, -0.2) is 42.7 Å². The number of hydrogen-bond donors (Lipinski definition) is 1. The minimum absolute atomic E-state index is 0.591. The lowest BCUT2D eigenvalue weighted by Gasteiger charge is -2.26. The second kappa shape index (κ2) is 6.87. The first-order valence-corrected chi connectivity index (χ1v) is 7.13. The molecule has 1 fully saturated rings. The lowest BCUT2D eigenvalue weighted by molar-refractivity contribution is 0.238. The van der Waals surface area contributed by atoms with E-state index in [2.05, 4.69) is 35.1 Å². The van der Waals surface area contributed by atoms with Crippen LogP contribution in [0.5, 0.6) is 5.88 Å². The molecule has 1 aliphatic rings. The average molecular weight is 263 g/mol. The summed E-state index contributed by atoms with van der Waals surface area (Å²) in [4.78, 5) is 6.80. The van der Waals surface area contributed by atoms with Gasteiger partial charge in [-0.05, 0) is 31.0 Å². The van der Waals surface area contributed by atoms with Gasteiger partial charge in [0.1, 0.15) is 0 Å². The maximum absolute atomic E-state index is 5.09. The Bertz CT molecular complexity index is 377. The second-order valence-electron chi connectivity index (χ2n) is 5.60. The van der Waals surface area contributed by atoms with Crippen molar-refractivity contribution >= 4 is 0 Å². The van der Waals surface area contributed by atoms with Crippen LogP contribution in [0.2, 0.25) is 0 Å². The zero-order valence-corrected chi connectivity index (χ0v) is 12.2. The second-order valence-corrected chi connectivity index (χ2v) is 5.60. The molecular formula is C15H25N3O. The fourth-order valence-corrected chi connectivity index (χ4v) is 2.50. The molecule has 1 N–H and O–H groups in total. The Balaban J connectivity index is 1.95. The van der Waals surface area contributed by atoms with E-state index in [4.69, 9.17) is 4.74 Å². The van der Waals surface area contributed by atoms with Gasteiger partial charge in [0.2, 0.25) is 5.88 Å². The molecule has 0 radical (unpaired) electrons. The molecule has 0 spiro atoms. The highest BCUT2D eigenvalue weighted by Gasteiger charge is 2.20. The molecule has 4 heteroatoms. The van der Waals surface area contributed by atoms with Crippen molar-refractivity contribution in [1.29, 1.82) is 0 Å². The first-order valence-electron chi connectivity index (χ1n) is 7.13. The van der Waals surface area contributed by atoms with E-state index in [-0.39, 0.29) is 0 Å². The number of ether oxygens (including phenoxy) is 1. The Morgan fingerprint density at radius 2 is 2.32 bits per heavy atom. The molecule has 1 aliphatic heterocycles. The van der Waals surface area contributed by atoms with E-state index in [1.54, 1.807) is 7.11 Å². The highest BCUT2D eigenvalue weighted by Crippen LogP contribution is 2.13. The highest BCUT2D eigenvalue weighted by molar-refractivity contribution is 5.17. The van der Waals surface area contributed by atoms with Crippen LogP contribution in [0.15, 0.2) is 18.3 Å². The van der Waals surface area contributed by atoms with Gasteiger partial charge < -0.3 is 10.1 Å². The Labute approximate surface area is 116 Å². The molecule has 0 bridgehead atoms. The number of nitrogens with zero attached hydrogens (tertiary/aromatic N) is 2. The van der Waals surface area contributed by atoms with Gasteiger partial charge in [0.15, 0.2) is 0 Å². The monoisotopic (exact) mass is 263 g/mol. The fraction of sp³-hybridized carbons (Fsp3) is 0.667. The van der Waals surface area contributed by atoms with Crippen LogP contribution in [-0.2, 0) is 6.54 Å². The first-order chi connectivity index (χ1) is 9.19. The van der Waals surface area contributed by atoms with Crippen LogP contribution in [0, 0.1) is 5.92 Å². The first kappa shape index (κ1) is 14.3. The molecule has 1 unspecified atom stereocenters. The van der Waals surface area contributed by atoms with E-state index in [1.165, 1.54) is 12.0 Å². The van der Waals surface area contributed by atoms with Gasteiger partial charge in [-0.25, -0.2) is 4.98 Å². The van der Waals surface area contributed by atoms with Crippen LogP contribution in [0.3, 0.4) is 0 Å². The Morgan fingerprint density at radius 3 is 2.95 bits per heavy atom. The van der Waals surface area contributed by atoms with E-state index < -0.39 is 0 Å². The number of aromatic nitrogens is 1. The van der Waals surface area contributed by atoms with Crippen LogP contribution < -0.4 is 10.1 Å². The summed E-state index contributed by atoms with van der Waals surface area (Å²) in [7, 11) is 1.65. The van der Waals surface area contributed by atoms with Crippen molar-refractivity contribution < 1.29 is 4.74 Å². The summed E-state index contributed by atoms with van der Waals surface area (Å²) in [5.41, 5.74) is 1.25. The van der Waals surface area contributed by atoms with Crippen molar-refractivity contribution in [3.05, 3.63) is 23.9 Å². The lowest BCUT2D eigenvalue weighted by atomic mass is 10.0. The van der Waals surface area contributed by atoms with Gasteiger partial charge in [0, 0.05) is 31.4 Å². The largest absolute Gasteiger partial charge is 0.481 e. The average Bonchev–Trinajstić information content (AvgIpc) is 2.65. The van der Waals surface area contributed by atoms with E-state index in [9.17, 15) is 0 Å². The van der Waals surface area contributed by atoms with Gasteiger partial charge >= 0.3 is 0 Å². The normalized spacial score (nSPS) is 21.4. The maximum Gasteiger partial charge on any atom is 0.212 e. The van der Waals surface area contributed by atoms with E-state index in [0.717, 1.165) is 26.2 Å². The van der Waals surface area contributed by atoms with E-state index >= 15 is 0 Å². The molecule has 2 heterocycles. The molecule has 1 saturated heterocycles. The Kier molecular flexibility index (Phi) is 5.16. The Hall–Kier alpha value is -1.13. The zero-order valence-electron chi connectivity index (χ0n) is 12.2. The summed E-state index contributed by atoms with van der Waals surface area (Å²) in [6, 6.07) is 4.63. The molecule has 1 aromatic heterocycles. The molecule has 0 saturated carbocycles. The van der Waals surface area contributed by atoms with Crippen molar-refractivity contribution in [2.75, 3.05) is 26.7 Å². The van der Waals surface area contributed by atoms with Crippen molar-refractivity contribution in [3.63, 3.8) is 0 Å². The number of methoxy groups -OCH3 is 1. The summed E-state index contributed by atoms with van der Waals surface area (Å²) < 4.78 is 5.09. The fourth-order valence-electron chi connectivity index (χ4n) is 2.50. The molecule has 0 aromatic carbocycles. The predicted molar refractivity (Wildman–Crippen MR) is 77.3 cm³/mol. The molecule has 1 atom stereocenters. The number of hydrogen-bond acceptors (Lipinski definition) is 4. The van der Waals surface area contributed by atoms with Crippen molar-refractivity contribution in [2.24, 2.45) is 5.92 Å². The van der Waals surface area contributed by atoms with Crippen LogP contribution in [0.25, 0.3) is 0 Å². The molecule has 0 amide bonds. The third-order valence-corrected chi connectivity index (χ3v) is 3.73. The maximum atomic E-state index is 5.09. The van der Waals surface area contributed by atoms with Gasteiger partial charge in [-0.15, -0.1) is 0 Å². The molecular weight excluding hydrogens is 238 g/mol. The summed E-state index contributed by atoms with van der Waals surface area (Å²) in [6.45, 7) is 8.94. The predicted octanol–water partition coefficient (Wildman–Crippen LogP) is 1.91. The van der Waals surface area contributed by atoms with Gasteiger partial charge in [0.05, 0.1) is 7.11 Å². The topological polar surface area (TPSA) is 37.4 Å². The van der Waals surface area contributed by atoms with E-state index in [0.29, 0.717) is 17.8 Å². The molecule has 0 aliphatic carbocycles. The third kappa shape index (κ3) is 4.18. The smallest absolute Gasteiger partial charge is 0.212 e. The third-order valence-electron chi connectivity index (χ3n) is 3.73. The summed E-state index contributed by atoms with van der Waals surface area (Å²) >= 11 is 0. The summed E-state index contributed by atoms with van der Waals surface area (Å²) in [5.74, 6) is 1.36. The standard InChI is InChI=1S/C15H25N3O/c1-12(2)14-11-18(8-4-7-16-14)10-13-5-6-15(19-3)17-9-13/h5-6,9,12,14,16H,4,7-8,10-11H2,1-3H3. The highest BCUT2D eigenvalue weighted by atomic mass is 16.5. The van der Waals surface area contributed by atoms with Gasteiger partial charge in [-0.1, -0.05) is 19.9 Å². The zero-order chi connectivity index (χ0) is 13.7. The quantitative estimate of drug-likeness (QED) is 0.900. The molecule has 106 valence electrons. The van der Waals surface area contributed by atoms with Crippen molar-refractivity contribution in [2.45, 2.75) is 32.9 Å². The summed E-state index contributed by atoms with van der Waals surface area (Å²) in [6.07, 6.45) is 3.13. The minimum Gasteiger partial charge on any atom is -0.481 e. The SMILES string of the molecule is COc1ccc(CN2CCCNC(C(C)C)C2)cn1. The van der Waals surface area contributed by atoms with Crippen molar-refractivity contribution in [1.82, 2.24) is 15.2 Å². The molecule has 2 rings (SSSR count). The van der Waals surface area contributed by atoms with Crippen LogP contribution >= 0.6 is 0 Å². The van der Waals surface area contributed by atoms with Gasteiger partial charge in [0.25, 0.3) is 0 Å².